The maximum absolute atomic E-state index is 12.1. The zero-order valence-electron chi connectivity index (χ0n) is 10.7. The van der Waals surface area contributed by atoms with E-state index in [1.165, 1.54) is 30.5 Å². The number of aromatic nitrogens is 2. The second kappa shape index (κ2) is 5.41. The molecular formula is C12H13N3O4S. The summed E-state index contributed by atoms with van der Waals surface area (Å²) in [7, 11) is -3.63. The highest BCUT2D eigenvalue weighted by molar-refractivity contribution is 7.90. The highest BCUT2D eigenvalue weighted by atomic mass is 32.2. The average molecular weight is 295 g/mol. The summed E-state index contributed by atoms with van der Waals surface area (Å²) in [6.45, 7) is 1.88. The summed E-state index contributed by atoms with van der Waals surface area (Å²) < 4.78 is 24.3. The fraction of sp³-hybridized carbons (Fsp3) is 0.250. The summed E-state index contributed by atoms with van der Waals surface area (Å²) in [5, 5.41) is 10.6. The van der Waals surface area contributed by atoms with Crippen LogP contribution in [-0.2, 0) is 22.0 Å². The third-order valence-corrected chi connectivity index (χ3v) is 4.27. The van der Waals surface area contributed by atoms with Crippen LogP contribution in [0.1, 0.15) is 18.2 Å². The Bertz CT molecular complexity index is 737. The molecule has 2 aromatic rings. The smallest absolute Gasteiger partial charge is 0.269 e. The van der Waals surface area contributed by atoms with Gasteiger partial charge < -0.3 is 4.98 Å². The van der Waals surface area contributed by atoms with Crippen LogP contribution in [0.4, 0.5) is 5.69 Å². The van der Waals surface area contributed by atoms with E-state index in [1.54, 1.807) is 0 Å². The largest absolute Gasteiger partial charge is 0.333 e. The van der Waals surface area contributed by atoms with E-state index in [9.17, 15) is 18.5 Å². The fourth-order valence-electron chi connectivity index (χ4n) is 1.72. The van der Waals surface area contributed by atoms with Crippen LogP contribution < -0.4 is 0 Å². The number of nitrogens with one attached hydrogen (secondary N) is 1. The van der Waals surface area contributed by atoms with Crippen molar-refractivity contribution in [3.8, 4) is 0 Å². The third-order valence-electron chi connectivity index (χ3n) is 2.76. The second-order valence-corrected chi connectivity index (χ2v) is 6.16. The minimum atomic E-state index is -3.63. The number of rotatable bonds is 5. The van der Waals surface area contributed by atoms with Crippen molar-refractivity contribution in [2.24, 2.45) is 0 Å². The molecule has 8 heteroatoms. The van der Waals surface area contributed by atoms with Crippen LogP contribution >= 0.6 is 0 Å². The van der Waals surface area contributed by atoms with E-state index in [-0.39, 0.29) is 16.6 Å². The van der Waals surface area contributed by atoms with Crippen molar-refractivity contribution < 1.29 is 13.3 Å². The lowest BCUT2D eigenvalue weighted by atomic mass is 10.2. The average Bonchev–Trinajstić information content (AvgIpc) is 2.88. The summed E-state index contributed by atoms with van der Waals surface area (Å²) in [5.41, 5.74) is 0.947. The van der Waals surface area contributed by atoms with Crippen molar-refractivity contribution >= 4 is 15.5 Å². The number of H-pyrrole nitrogens is 1. The lowest BCUT2D eigenvalue weighted by Crippen LogP contribution is -2.07. The standard InChI is InChI=1S/C12H13N3O4S/c1-2-10-7-13-12(14-10)20(18,19)8-9-4-3-5-11(6-9)15(16)17/h3-7H,2,8H2,1H3,(H,13,14). The van der Waals surface area contributed by atoms with Crippen molar-refractivity contribution in [3.05, 3.63) is 51.8 Å². The Balaban J connectivity index is 2.28. The van der Waals surface area contributed by atoms with E-state index >= 15 is 0 Å². The Kier molecular flexibility index (Phi) is 3.84. The van der Waals surface area contributed by atoms with E-state index in [0.29, 0.717) is 12.0 Å². The van der Waals surface area contributed by atoms with Gasteiger partial charge in [0.25, 0.3) is 5.69 Å². The zero-order valence-corrected chi connectivity index (χ0v) is 11.6. The molecule has 1 N–H and O–H groups in total. The molecular weight excluding hydrogens is 282 g/mol. The van der Waals surface area contributed by atoms with Crippen molar-refractivity contribution in [2.75, 3.05) is 0 Å². The van der Waals surface area contributed by atoms with Gasteiger partial charge in [0.15, 0.2) is 0 Å². The lowest BCUT2D eigenvalue weighted by Gasteiger charge is -2.01. The van der Waals surface area contributed by atoms with Crippen LogP contribution in [0.15, 0.2) is 35.6 Å². The first-order valence-electron chi connectivity index (χ1n) is 5.92. The molecule has 0 radical (unpaired) electrons. The van der Waals surface area contributed by atoms with Crippen LogP contribution in [0.3, 0.4) is 0 Å². The van der Waals surface area contributed by atoms with Gasteiger partial charge in [-0.15, -0.1) is 0 Å². The molecule has 1 heterocycles. The minimum Gasteiger partial charge on any atom is -0.333 e. The van der Waals surface area contributed by atoms with Crippen LogP contribution in [-0.4, -0.2) is 23.3 Å². The lowest BCUT2D eigenvalue weighted by molar-refractivity contribution is -0.384. The first-order valence-corrected chi connectivity index (χ1v) is 7.57. The number of sulfone groups is 1. The first kappa shape index (κ1) is 14.2. The van der Waals surface area contributed by atoms with E-state index < -0.39 is 14.8 Å². The Morgan fingerprint density at radius 1 is 1.40 bits per heavy atom. The van der Waals surface area contributed by atoms with E-state index in [0.717, 1.165) is 5.69 Å². The molecule has 0 aliphatic rings. The molecule has 0 saturated carbocycles. The van der Waals surface area contributed by atoms with Crippen molar-refractivity contribution in [1.29, 1.82) is 0 Å². The molecule has 0 unspecified atom stereocenters. The van der Waals surface area contributed by atoms with Gasteiger partial charge in [-0.3, -0.25) is 10.1 Å². The molecule has 1 aromatic carbocycles. The number of non-ortho nitro benzene ring substituents is 1. The monoisotopic (exact) mass is 295 g/mol. The highest BCUT2D eigenvalue weighted by Gasteiger charge is 2.20. The second-order valence-electron chi connectivity index (χ2n) is 4.25. The molecule has 0 aliphatic heterocycles. The number of benzene rings is 1. The van der Waals surface area contributed by atoms with E-state index in [2.05, 4.69) is 9.97 Å². The van der Waals surface area contributed by atoms with Gasteiger partial charge in [-0.05, 0) is 12.0 Å². The summed E-state index contributed by atoms with van der Waals surface area (Å²) in [6, 6.07) is 5.57. The Labute approximate surface area is 115 Å². The minimum absolute atomic E-state index is 0.110. The number of hydrogen-bond donors (Lipinski definition) is 1. The summed E-state index contributed by atoms with van der Waals surface area (Å²) >= 11 is 0. The molecule has 0 bridgehead atoms. The SMILES string of the molecule is CCc1cnc(S(=O)(=O)Cc2cccc([N+](=O)[O-])c2)[nH]1. The maximum Gasteiger partial charge on any atom is 0.269 e. The molecule has 20 heavy (non-hydrogen) atoms. The predicted octanol–water partition coefficient (Wildman–Crippen LogP) is 1.85. The van der Waals surface area contributed by atoms with E-state index in [1.807, 2.05) is 6.92 Å². The number of nitrogens with zero attached hydrogens (tertiary/aromatic N) is 2. The van der Waals surface area contributed by atoms with Crippen molar-refractivity contribution in [1.82, 2.24) is 9.97 Å². The van der Waals surface area contributed by atoms with Crippen LogP contribution in [0.2, 0.25) is 0 Å². The molecule has 0 aliphatic carbocycles. The summed E-state index contributed by atoms with van der Waals surface area (Å²) in [5.74, 6) is -0.328. The van der Waals surface area contributed by atoms with Crippen molar-refractivity contribution in [3.63, 3.8) is 0 Å². The third kappa shape index (κ3) is 3.02. The predicted molar refractivity (Wildman–Crippen MR) is 72.0 cm³/mol. The molecule has 1 aromatic heterocycles. The van der Waals surface area contributed by atoms with Crippen molar-refractivity contribution in [2.45, 2.75) is 24.3 Å². The molecule has 0 saturated heterocycles. The molecule has 2 rings (SSSR count). The number of aromatic amines is 1. The molecule has 0 spiro atoms. The van der Waals surface area contributed by atoms with E-state index in [4.69, 9.17) is 0 Å². The van der Waals surface area contributed by atoms with Crippen LogP contribution in [0.5, 0.6) is 0 Å². The quantitative estimate of drug-likeness (QED) is 0.669. The van der Waals surface area contributed by atoms with Gasteiger partial charge in [0.2, 0.25) is 15.0 Å². The normalized spacial score (nSPS) is 11.4. The highest BCUT2D eigenvalue weighted by Crippen LogP contribution is 2.18. The topological polar surface area (TPSA) is 106 Å². The fourth-order valence-corrected chi connectivity index (χ4v) is 2.98. The number of nitro benzene ring substituents is 1. The molecule has 0 atom stereocenters. The number of nitro groups is 1. The van der Waals surface area contributed by atoms with Gasteiger partial charge in [-0.1, -0.05) is 19.1 Å². The van der Waals surface area contributed by atoms with Gasteiger partial charge >= 0.3 is 0 Å². The Morgan fingerprint density at radius 2 is 2.15 bits per heavy atom. The van der Waals surface area contributed by atoms with Gasteiger partial charge in [-0.2, -0.15) is 0 Å². The molecule has 0 amide bonds. The van der Waals surface area contributed by atoms with Crippen LogP contribution in [0, 0.1) is 10.1 Å². The maximum atomic E-state index is 12.1. The van der Waals surface area contributed by atoms with Crippen LogP contribution in [0.25, 0.3) is 0 Å². The number of aryl methyl sites for hydroxylation is 1. The Morgan fingerprint density at radius 3 is 2.75 bits per heavy atom. The number of imidazole rings is 1. The van der Waals surface area contributed by atoms with Gasteiger partial charge in [0, 0.05) is 24.0 Å². The van der Waals surface area contributed by atoms with Gasteiger partial charge in [-0.25, -0.2) is 13.4 Å². The van der Waals surface area contributed by atoms with Gasteiger partial charge in [0.05, 0.1) is 10.7 Å². The Hall–Kier alpha value is -2.22. The molecule has 7 nitrogen and oxygen atoms in total. The zero-order chi connectivity index (χ0) is 14.8. The first-order chi connectivity index (χ1) is 9.42. The van der Waals surface area contributed by atoms with Gasteiger partial charge in [0.1, 0.15) is 0 Å². The number of hydrogen-bond acceptors (Lipinski definition) is 5. The summed E-state index contributed by atoms with van der Waals surface area (Å²) in [6.07, 6.45) is 2.12. The molecule has 106 valence electrons. The molecule has 0 fully saturated rings. The summed E-state index contributed by atoms with van der Waals surface area (Å²) in [4.78, 5) is 16.7.